The molecule has 1 atom stereocenters. The number of pyridine rings is 1. The summed E-state index contributed by atoms with van der Waals surface area (Å²) in [5.41, 5.74) is 1.24. The molecule has 2 N–H and O–H groups in total. The standard InChI is InChI=1S/C23H27N3O4/c1-23(2)20(15-6-4-3-5-7-15)26(22(29)30-23)17-10-8-16(9-11-17)25-19-14-24-13-12-18(19)21(27)28/h3-7,12-14,16-17,20,25H,8-11H2,1-2H3,(H,27,28)/t16-,17-,20-/m0/s1. The van der Waals surface area contributed by atoms with Gasteiger partial charge in [0.2, 0.25) is 0 Å². The third kappa shape index (κ3) is 3.84. The molecule has 1 aliphatic heterocycles. The van der Waals surface area contributed by atoms with E-state index < -0.39 is 11.6 Å². The number of hydrogen-bond donors (Lipinski definition) is 2. The van der Waals surface area contributed by atoms with Gasteiger partial charge in [0.25, 0.3) is 0 Å². The number of carboxylic acids is 1. The van der Waals surface area contributed by atoms with Crippen LogP contribution in [-0.2, 0) is 4.74 Å². The van der Waals surface area contributed by atoms with Crippen molar-refractivity contribution in [3.8, 4) is 0 Å². The Kier molecular flexibility index (Phi) is 5.37. The maximum atomic E-state index is 12.8. The van der Waals surface area contributed by atoms with E-state index in [-0.39, 0.29) is 29.8 Å². The number of aromatic carboxylic acids is 1. The van der Waals surface area contributed by atoms with Crippen LogP contribution in [0.3, 0.4) is 0 Å². The molecular formula is C23H27N3O4. The Hall–Kier alpha value is -3.09. The van der Waals surface area contributed by atoms with Gasteiger partial charge in [-0.05, 0) is 51.2 Å². The number of benzene rings is 1. The summed E-state index contributed by atoms with van der Waals surface area (Å²) >= 11 is 0. The fourth-order valence-corrected chi connectivity index (χ4v) is 4.75. The zero-order chi connectivity index (χ0) is 21.3. The van der Waals surface area contributed by atoms with Crippen LogP contribution in [-0.4, -0.2) is 44.7 Å². The molecule has 30 heavy (non-hydrogen) atoms. The fraction of sp³-hybridized carbons (Fsp3) is 0.435. The van der Waals surface area contributed by atoms with Gasteiger partial charge in [-0.25, -0.2) is 9.59 Å². The van der Waals surface area contributed by atoms with E-state index in [1.165, 1.54) is 12.3 Å². The predicted octanol–water partition coefficient (Wildman–Crippen LogP) is 4.48. The van der Waals surface area contributed by atoms with Crippen molar-refractivity contribution in [2.45, 2.75) is 63.3 Å². The molecule has 0 unspecified atom stereocenters. The predicted molar refractivity (Wildman–Crippen MR) is 112 cm³/mol. The molecule has 1 amide bonds. The molecule has 7 nitrogen and oxygen atoms in total. The summed E-state index contributed by atoms with van der Waals surface area (Å²) in [5.74, 6) is -0.971. The Labute approximate surface area is 176 Å². The molecule has 0 spiro atoms. The first kappa shape index (κ1) is 20.2. The van der Waals surface area contributed by atoms with Crippen molar-refractivity contribution in [2.75, 3.05) is 5.32 Å². The van der Waals surface area contributed by atoms with Crippen molar-refractivity contribution in [3.05, 3.63) is 59.9 Å². The second-order valence-corrected chi connectivity index (χ2v) is 8.57. The van der Waals surface area contributed by atoms with E-state index in [1.54, 1.807) is 6.20 Å². The van der Waals surface area contributed by atoms with Crippen LogP contribution in [0.25, 0.3) is 0 Å². The molecule has 4 rings (SSSR count). The molecule has 2 fully saturated rings. The smallest absolute Gasteiger partial charge is 0.411 e. The first-order valence-corrected chi connectivity index (χ1v) is 10.4. The van der Waals surface area contributed by atoms with E-state index in [2.05, 4.69) is 10.3 Å². The van der Waals surface area contributed by atoms with Gasteiger partial charge in [0.05, 0.1) is 23.5 Å². The monoisotopic (exact) mass is 409 g/mol. The molecule has 1 aromatic carbocycles. The number of nitrogens with zero attached hydrogens (tertiary/aromatic N) is 2. The van der Waals surface area contributed by atoms with Gasteiger partial charge in [-0.3, -0.25) is 9.88 Å². The number of hydrogen-bond acceptors (Lipinski definition) is 5. The minimum atomic E-state index is -0.971. The number of carbonyl (C=O) groups is 2. The molecule has 7 heteroatoms. The van der Waals surface area contributed by atoms with Crippen LogP contribution in [0.15, 0.2) is 48.8 Å². The lowest BCUT2D eigenvalue weighted by Crippen LogP contribution is -2.44. The highest BCUT2D eigenvalue weighted by Gasteiger charge is 2.51. The van der Waals surface area contributed by atoms with E-state index in [0.29, 0.717) is 5.69 Å². The summed E-state index contributed by atoms with van der Waals surface area (Å²) in [5, 5.41) is 12.7. The van der Waals surface area contributed by atoms with Crippen molar-refractivity contribution in [3.63, 3.8) is 0 Å². The second kappa shape index (κ2) is 7.97. The number of aromatic nitrogens is 1. The van der Waals surface area contributed by atoms with Gasteiger partial charge in [0, 0.05) is 18.3 Å². The van der Waals surface area contributed by atoms with E-state index in [0.717, 1.165) is 31.2 Å². The number of carbonyl (C=O) groups excluding carboxylic acids is 1. The molecule has 0 bridgehead atoms. The lowest BCUT2D eigenvalue weighted by Gasteiger charge is -2.38. The summed E-state index contributed by atoms with van der Waals surface area (Å²) < 4.78 is 5.74. The molecule has 158 valence electrons. The highest BCUT2D eigenvalue weighted by atomic mass is 16.6. The maximum absolute atomic E-state index is 12.8. The van der Waals surface area contributed by atoms with Gasteiger partial charge >= 0.3 is 12.1 Å². The topological polar surface area (TPSA) is 91.8 Å². The van der Waals surface area contributed by atoms with E-state index in [4.69, 9.17) is 4.74 Å². The summed E-state index contributed by atoms with van der Waals surface area (Å²) in [6.45, 7) is 3.93. The normalized spacial score (nSPS) is 25.6. The van der Waals surface area contributed by atoms with Gasteiger partial charge in [-0.1, -0.05) is 30.3 Å². The summed E-state index contributed by atoms with van der Waals surface area (Å²) in [6.07, 6.45) is 6.11. The summed E-state index contributed by atoms with van der Waals surface area (Å²) in [7, 11) is 0. The lowest BCUT2D eigenvalue weighted by atomic mass is 9.86. The number of amides is 1. The third-order valence-electron chi connectivity index (χ3n) is 6.11. The third-order valence-corrected chi connectivity index (χ3v) is 6.11. The number of ether oxygens (including phenoxy) is 1. The first-order valence-electron chi connectivity index (χ1n) is 10.4. The molecule has 1 saturated carbocycles. The molecule has 1 aromatic heterocycles. The van der Waals surface area contributed by atoms with Crippen molar-refractivity contribution < 1.29 is 19.4 Å². The number of carboxylic acid groups (broad SMARTS) is 1. The Morgan fingerprint density at radius 2 is 1.87 bits per heavy atom. The molecule has 2 aromatic rings. The van der Waals surface area contributed by atoms with Gasteiger partial charge in [0.15, 0.2) is 0 Å². The number of rotatable bonds is 5. The molecule has 1 aliphatic carbocycles. The SMILES string of the molecule is CC1(C)OC(=O)N([C@H]2CC[C@H](Nc3cnccc3C(=O)O)CC2)[C@H]1c1ccccc1. The van der Waals surface area contributed by atoms with Gasteiger partial charge in [0.1, 0.15) is 5.60 Å². The number of anilines is 1. The van der Waals surface area contributed by atoms with Crippen LogP contribution in [0.2, 0.25) is 0 Å². The van der Waals surface area contributed by atoms with Crippen LogP contribution >= 0.6 is 0 Å². The van der Waals surface area contributed by atoms with Gasteiger partial charge < -0.3 is 15.2 Å². The minimum absolute atomic E-state index is 0.0929. The maximum Gasteiger partial charge on any atom is 0.411 e. The average Bonchev–Trinajstić information content (AvgIpc) is 2.97. The summed E-state index contributed by atoms with van der Waals surface area (Å²) in [6, 6.07) is 11.7. The van der Waals surface area contributed by atoms with Crippen LogP contribution < -0.4 is 5.32 Å². The van der Waals surface area contributed by atoms with Crippen molar-refractivity contribution in [1.29, 1.82) is 0 Å². The van der Waals surface area contributed by atoms with Crippen molar-refractivity contribution in [2.24, 2.45) is 0 Å². The molecule has 2 heterocycles. The van der Waals surface area contributed by atoms with Crippen molar-refractivity contribution >= 4 is 17.7 Å². The zero-order valence-corrected chi connectivity index (χ0v) is 17.2. The fourth-order valence-electron chi connectivity index (χ4n) is 4.75. The molecule has 2 aliphatic rings. The quantitative estimate of drug-likeness (QED) is 0.757. The minimum Gasteiger partial charge on any atom is -0.478 e. The Bertz CT molecular complexity index is 923. The van der Waals surface area contributed by atoms with Crippen LogP contribution in [0.4, 0.5) is 10.5 Å². The van der Waals surface area contributed by atoms with Gasteiger partial charge in [-0.2, -0.15) is 0 Å². The van der Waals surface area contributed by atoms with Crippen molar-refractivity contribution in [1.82, 2.24) is 9.88 Å². The Morgan fingerprint density at radius 1 is 1.17 bits per heavy atom. The number of nitrogens with one attached hydrogen (secondary N) is 1. The number of cyclic esters (lactones) is 1. The molecule has 0 radical (unpaired) electrons. The van der Waals surface area contributed by atoms with E-state index in [9.17, 15) is 14.7 Å². The lowest BCUT2D eigenvalue weighted by molar-refractivity contribution is 0.0662. The van der Waals surface area contributed by atoms with Crippen LogP contribution in [0.5, 0.6) is 0 Å². The van der Waals surface area contributed by atoms with E-state index in [1.807, 2.05) is 49.1 Å². The zero-order valence-electron chi connectivity index (χ0n) is 17.2. The largest absolute Gasteiger partial charge is 0.478 e. The summed E-state index contributed by atoms with van der Waals surface area (Å²) in [4.78, 5) is 30.2. The highest BCUT2D eigenvalue weighted by Crippen LogP contribution is 2.44. The first-order chi connectivity index (χ1) is 14.4. The van der Waals surface area contributed by atoms with E-state index >= 15 is 0 Å². The molecular weight excluding hydrogens is 382 g/mol. The second-order valence-electron chi connectivity index (χ2n) is 8.57. The van der Waals surface area contributed by atoms with Crippen LogP contribution in [0, 0.1) is 0 Å². The highest BCUT2D eigenvalue weighted by molar-refractivity contribution is 5.93. The Morgan fingerprint density at radius 3 is 2.53 bits per heavy atom. The van der Waals surface area contributed by atoms with Gasteiger partial charge in [-0.15, -0.1) is 0 Å². The van der Waals surface area contributed by atoms with Crippen LogP contribution in [0.1, 0.15) is 61.5 Å². The Balaban J connectivity index is 1.47. The average molecular weight is 409 g/mol. The molecule has 1 saturated heterocycles.